The van der Waals surface area contributed by atoms with Gasteiger partial charge in [0.05, 0.1) is 13.2 Å². The highest BCUT2D eigenvalue weighted by atomic mass is 16.6. The van der Waals surface area contributed by atoms with Gasteiger partial charge in [0.1, 0.15) is 11.4 Å². The first-order chi connectivity index (χ1) is 13.3. The van der Waals surface area contributed by atoms with Gasteiger partial charge in [0.2, 0.25) is 0 Å². The van der Waals surface area contributed by atoms with Crippen LogP contribution >= 0.6 is 0 Å². The minimum absolute atomic E-state index is 0.0364. The minimum atomic E-state index is -0.492. The number of rotatable bonds is 6. The lowest BCUT2D eigenvalue weighted by atomic mass is 9.76. The zero-order valence-corrected chi connectivity index (χ0v) is 17.4. The van der Waals surface area contributed by atoms with Crippen molar-refractivity contribution < 1.29 is 19.1 Å². The number of hydrogen-bond donors (Lipinski definition) is 0. The van der Waals surface area contributed by atoms with Crippen LogP contribution in [0, 0.1) is 5.92 Å². The van der Waals surface area contributed by atoms with E-state index < -0.39 is 5.60 Å². The average Bonchev–Trinajstić information content (AvgIpc) is 2.63. The third kappa shape index (κ3) is 5.57. The molecule has 2 saturated heterocycles. The Hall–Kier alpha value is -1.88. The van der Waals surface area contributed by atoms with Crippen LogP contribution in [0.1, 0.15) is 64.9 Å². The summed E-state index contributed by atoms with van der Waals surface area (Å²) in [6, 6.07) is 10.3. The molecule has 0 aliphatic carbocycles. The van der Waals surface area contributed by atoms with E-state index in [2.05, 4.69) is 0 Å². The fourth-order valence-corrected chi connectivity index (χ4v) is 4.40. The van der Waals surface area contributed by atoms with Crippen LogP contribution in [0.3, 0.4) is 0 Å². The Bertz CT molecular complexity index is 653. The summed E-state index contributed by atoms with van der Waals surface area (Å²) in [6.45, 7) is 6.68. The summed E-state index contributed by atoms with van der Waals surface area (Å²) in [5.74, 6) is 0.308. The maximum absolute atomic E-state index is 12.7. The van der Waals surface area contributed by atoms with Gasteiger partial charge in [0.25, 0.3) is 0 Å². The lowest BCUT2D eigenvalue weighted by molar-refractivity contribution is -0.128. The van der Waals surface area contributed by atoms with Crippen molar-refractivity contribution in [3.05, 3.63) is 35.9 Å². The van der Waals surface area contributed by atoms with Gasteiger partial charge in [-0.2, -0.15) is 0 Å². The molecular formula is C23H33NO4. The molecule has 3 rings (SSSR count). The minimum Gasteiger partial charge on any atom is -0.444 e. The molecule has 5 heteroatoms. The van der Waals surface area contributed by atoms with Crippen molar-refractivity contribution in [3.8, 4) is 0 Å². The van der Waals surface area contributed by atoms with Crippen LogP contribution in [0.15, 0.2) is 30.3 Å². The van der Waals surface area contributed by atoms with Crippen LogP contribution in [0.25, 0.3) is 0 Å². The SMILES string of the molecule is CC(C)(C)OC(=O)N1C2CCCC1CC(C(=O)CCOCc1ccccc1)C2. The zero-order valence-electron chi connectivity index (χ0n) is 17.4. The van der Waals surface area contributed by atoms with Gasteiger partial charge < -0.3 is 14.4 Å². The van der Waals surface area contributed by atoms with E-state index in [1.807, 2.05) is 56.0 Å². The second-order valence-electron chi connectivity index (χ2n) is 9.05. The largest absolute Gasteiger partial charge is 0.444 e. The van der Waals surface area contributed by atoms with Crippen molar-refractivity contribution in [2.24, 2.45) is 5.92 Å². The number of Topliss-reactive ketones (excluding diaryl/α,β-unsaturated/α-hetero) is 1. The number of fused-ring (bicyclic) bond motifs is 2. The van der Waals surface area contributed by atoms with Crippen molar-refractivity contribution >= 4 is 11.9 Å². The van der Waals surface area contributed by atoms with Crippen molar-refractivity contribution in [3.63, 3.8) is 0 Å². The Labute approximate surface area is 168 Å². The average molecular weight is 388 g/mol. The van der Waals surface area contributed by atoms with Crippen molar-refractivity contribution in [2.45, 2.75) is 83.6 Å². The predicted octanol–water partition coefficient (Wildman–Crippen LogP) is 4.73. The van der Waals surface area contributed by atoms with Gasteiger partial charge in [0.15, 0.2) is 0 Å². The molecule has 28 heavy (non-hydrogen) atoms. The molecule has 0 spiro atoms. The summed E-state index contributed by atoms with van der Waals surface area (Å²) in [4.78, 5) is 27.3. The summed E-state index contributed by atoms with van der Waals surface area (Å²) in [5, 5.41) is 0. The normalized spacial score (nSPS) is 24.7. The Morgan fingerprint density at radius 3 is 2.32 bits per heavy atom. The van der Waals surface area contributed by atoms with Crippen LogP contribution in [0.2, 0.25) is 0 Å². The van der Waals surface area contributed by atoms with Gasteiger partial charge in [-0.15, -0.1) is 0 Å². The third-order valence-electron chi connectivity index (χ3n) is 5.64. The lowest BCUT2D eigenvalue weighted by Gasteiger charge is -2.48. The Balaban J connectivity index is 1.49. The van der Waals surface area contributed by atoms with Crippen LogP contribution in [0.5, 0.6) is 0 Å². The predicted molar refractivity (Wildman–Crippen MR) is 108 cm³/mol. The molecule has 2 heterocycles. The zero-order chi connectivity index (χ0) is 20.1. The molecule has 1 aromatic rings. The number of piperidine rings is 2. The van der Waals surface area contributed by atoms with Gasteiger partial charge in [0, 0.05) is 24.4 Å². The van der Waals surface area contributed by atoms with E-state index in [4.69, 9.17) is 9.47 Å². The van der Waals surface area contributed by atoms with E-state index in [1.165, 1.54) is 0 Å². The van der Waals surface area contributed by atoms with E-state index in [1.54, 1.807) is 0 Å². The summed E-state index contributed by atoms with van der Waals surface area (Å²) < 4.78 is 11.3. The van der Waals surface area contributed by atoms with Crippen LogP contribution in [-0.4, -0.2) is 41.1 Å². The standard InChI is InChI=1S/C23H33NO4/c1-23(2,3)28-22(26)24-19-10-7-11-20(24)15-18(14-19)21(25)12-13-27-16-17-8-5-4-6-9-17/h4-6,8-9,18-20H,7,10-16H2,1-3H3. The van der Waals surface area contributed by atoms with Gasteiger partial charge in [-0.25, -0.2) is 4.79 Å². The van der Waals surface area contributed by atoms with Gasteiger partial charge in [-0.05, 0) is 58.4 Å². The van der Waals surface area contributed by atoms with E-state index >= 15 is 0 Å². The number of benzene rings is 1. The molecule has 0 radical (unpaired) electrons. The van der Waals surface area contributed by atoms with E-state index in [0.717, 1.165) is 37.7 Å². The van der Waals surface area contributed by atoms with Gasteiger partial charge in [-0.1, -0.05) is 30.3 Å². The molecule has 154 valence electrons. The molecule has 2 bridgehead atoms. The van der Waals surface area contributed by atoms with Crippen LogP contribution in [-0.2, 0) is 20.9 Å². The van der Waals surface area contributed by atoms with Crippen LogP contribution in [0.4, 0.5) is 4.79 Å². The number of amides is 1. The second kappa shape index (κ2) is 9.08. The first kappa shape index (κ1) is 20.8. The molecule has 2 fully saturated rings. The lowest BCUT2D eigenvalue weighted by Crippen LogP contribution is -2.56. The number of hydrogen-bond acceptors (Lipinski definition) is 4. The van der Waals surface area contributed by atoms with Gasteiger partial charge >= 0.3 is 6.09 Å². The number of ketones is 1. The van der Waals surface area contributed by atoms with Crippen molar-refractivity contribution in [2.75, 3.05) is 6.61 Å². The molecule has 2 atom stereocenters. The van der Waals surface area contributed by atoms with Crippen molar-refractivity contribution in [1.29, 1.82) is 0 Å². The quantitative estimate of drug-likeness (QED) is 0.662. The van der Waals surface area contributed by atoms with Crippen LogP contribution < -0.4 is 0 Å². The monoisotopic (exact) mass is 387 g/mol. The Morgan fingerprint density at radius 1 is 1.07 bits per heavy atom. The molecule has 2 unspecified atom stereocenters. The number of ether oxygens (including phenoxy) is 2. The second-order valence-corrected chi connectivity index (χ2v) is 9.05. The summed E-state index contributed by atoms with van der Waals surface area (Å²) >= 11 is 0. The summed E-state index contributed by atoms with van der Waals surface area (Å²) in [7, 11) is 0. The molecule has 1 aromatic carbocycles. The molecule has 1 amide bonds. The summed E-state index contributed by atoms with van der Waals surface area (Å²) in [6.07, 6.45) is 4.78. The number of carbonyl (C=O) groups excluding carboxylic acids is 2. The molecule has 5 nitrogen and oxygen atoms in total. The first-order valence-electron chi connectivity index (χ1n) is 10.5. The maximum Gasteiger partial charge on any atom is 0.410 e. The fraction of sp³-hybridized carbons (Fsp3) is 0.652. The maximum atomic E-state index is 12.7. The topological polar surface area (TPSA) is 55.8 Å². The first-order valence-corrected chi connectivity index (χ1v) is 10.5. The summed E-state index contributed by atoms with van der Waals surface area (Å²) in [5.41, 5.74) is 0.629. The molecule has 2 aliphatic heterocycles. The molecule has 0 saturated carbocycles. The number of carbonyl (C=O) groups is 2. The number of nitrogens with zero attached hydrogens (tertiary/aromatic N) is 1. The highest BCUT2D eigenvalue weighted by molar-refractivity contribution is 5.81. The smallest absolute Gasteiger partial charge is 0.410 e. The highest BCUT2D eigenvalue weighted by Gasteiger charge is 2.44. The Morgan fingerprint density at radius 2 is 1.71 bits per heavy atom. The van der Waals surface area contributed by atoms with E-state index in [9.17, 15) is 9.59 Å². The van der Waals surface area contributed by atoms with Crippen molar-refractivity contribution in [1.82, 2.24) is 4.90 Å². The molecular weight excluding hydrogens is 354 g/mol. The highest BCUT2D eigenvalue weighted by Crippen LogP contribution is 2.38. The molecule has 0 N–H and O–H groups in total. The molecule has 2 aliphatic rings. The third-order valence-corrected chi connectivity index (χ3v) is 5.64. The Kier molecular flexibility index (Phi) is 6.76. The van der Waals surface area contributed by atoms with E-state index in [-0.39, 0.29) is 29.9 Å². The molecule has 0 aromatic heterocycles. The van der Waals surface area contributed by atoms with Gasteiger partial charge in [-0.3, -0.25) is 4.79 Å². The van der Waals surface area contributed by atoms with E-state index in [0.29, 0.717) is 19.6 Å². The fourth-order valence-electron chi connectivity index (χ4n) is 4.40.